The summed E-state index contributed by atoms with van der Waals surface area (Å²) in [6, 6.07) is 20.9. The molecule has 3 aromatic rings. The maximum absolute atomic E-state index is 12.3. The van der Waals surface area contributed by atoms with Gasteiger partial charge in [-0.2, -0.15) is 0 Å². The predicted octanol–water partition coefficient (Wildman–Crippen LogP) is 3.89. The summed E-state index contributed by atoms with van der Waals surface area (Å²) in [5.41, 5.74) is 9.07. The molecular formula is C20H16N2O3. The molecule has 0 heterocycles. The number of amides is 1. The molecule has 0 unspecified atom stereocenters. The molecule has 0 aliphatic heterocycles. The molecule has 25 heavy (non-hydrogen) atoms. The van der Waals surface area contributed by atoms with Crippen molar-refractivity contribution in [2.24, 2.45) is 0 Å². The second kappa shape index (κ2) is 6.88. The molecule has 0 radical (unpaired) electrons. The van der Waals surface area contributed by atoms with Gasteiger partial charge in [-0.15, -0.1) is 0 Å². The normalized spacial score (nSPS) is 10.2. The highest BCUT2D eigenvalue weighted by Gasteiger charge is 2.15. The molecule has 4 N–H and O–H groups in total. The molecule has 0 spiro atoms. The van der Waals surface area contributed by atoms with Gasteiger partial charge in [-0.05, 0) is 47.5 Å². The van der Waals surface area contributed by atoms with Crippen LogP contribution in [0.4, 0.5) is 11.4 Å². The van der Waals surface area contributed by atoms with Crippen molar-refractivity contribution in [1.29, 1.82) is 0 Å². The minimum atomic E-state index is -1.13. The van der Waals surface area contributed by atoms with Crippen molar-refractivity contribution in [1.82, 2.24) is 0 Å². The number of anilines is 2. The molecule has 124 valence electrons. The zero-order valence-electron chi connectivity index (χ0n) is 13.3. The standard InChI is InChI=1S/C20H16N2O3/c21-15-9-5-13(6-10-15)14-7-11-16(12-8-14)22-19(23)17-3-1-2-4-18(17)20(24)25/h1-12H,21H2,(H,22,23)(H,24,25). The first-order chi connectivity index (χ1) is 12.0. The van der Waals surface area contributed by atoms with Crippen LogP contribution in [-0.4, -0.2) is 17.0 Å². The Hall–Kier alpha value is -3.60. The number of nitrogen functional groups attached to an aromatic ring is 1. The van der Waals surface area contributed by atoms with Crippen molar-refractivity contribution in [3.63, 3.8) is 0 Å². The number of hydrogen-bond acceptors (Lipinski definition) is 3. The highest BCUT2D eigenvalue weighted by molar-refractivity contribution is 6.10. The Morgan fingerprint density at radius 2 is 1.28 bits per heavy atom. The van der Waals surface area contributed by atoms with Crippen molar-refractivity contribution < 1.29 is 14.7 Å². The van der Waals surface area contributed by atoms with E-state index in [1.807, 2.05) is 36.4 Å². The van der Waals surface area contributed by atoms with Crippen LogP contribution in [0, 0.1) is 0 Å². The highest BCUT2D eigenvalue weighted by atomic mass is 16.4. The number of carbonyl (C=O) groups excluding carboxylic acids is 1. The molecule has 0 aromatic heterocycles. The highest BCUT2D eigenvalue weighted by Crippen LogP contribution is 2.23. The average Bonchev–Trinajstić information content (AvgIpc) is 2.63. The quantitative estimate of drug-likeness (QED) is 0.632. The van der Waals surface area contributed by atoms with Gasteiger partial charge in [0, 0.05) is 11.4 Å². The number of rotatable bonds is 4. The van der Waals surface area contributed by atoms with Gasteiger partial charge in [0.25, 0.3) is 5.91 Å². The van der Waals surface area contributed by atoms with Crippen LogP contribution in [0.15, 0.2) is 72.8 Å². The van der Waals surface area contributed by atoms with E-state index < -0.39 is 11.9 Å². The van der Waals surface area contributed by atoms with Crippen LogP contribution < -0.4 is 11.1 Å². The van der Waals surface area contributed by atoms with E-state index in [1.54, 1.807) is 24.3 Å². The zero-order valence-corrected chi connectivity index (χ0v) is 13.3. The minimum Gasteiger partial charge on any atom is -0.478 e. The van der Waals surface area contributed by atoms with E-state index in [9.17, 15) is 14.7 Å². The third-order valence-electron chi connectivity index (χ3n) is 3.79. The van der Waals surface area contributed by atoms with E-state index in [0.717, 1.165) is 11.1 Å². The second-order valence-electron chi connectivity index (χ2n) is 5.50. The maximum atomic E-state index is 12.3. The number of benzene rings is 3. The van der Waals surface area contributed by atoms with E-state index in [0.29, 0.717) is 11.4 Å². The Morgan fingerprint density at radius 1 is 0.760 bits per heavy atom. The molecule has 5 heteroatoms. The van der Waals surface area contributed by atoms with Crippen LogP contribution in [0.2, 0.25) is 0 Å². The van der Waals surface area contributed by atoms with Gasteiger partial charge in [-0.3, -0.25) is 4.79 Å². The van der Waals surface area contributed by atoms with Crippen LogP contribution in [0.25, 0.3) is 11.1 Å². The number of hydrogen-bond donors (Lipinski definition) is 3. The lowest BCUT2D eigenvalue weighted by Gasteiger charge is -2.09. The molecule has 0 saturated carbocycles. The molecule has 0 bridgehead atoms. The first-order valence-electron chi connectivity index (χ1n) is 7.64. The molecule has 0 aliphatic rings. The van der Waals surface area contributed by atoms with Crippen molar-refractivity contribution in [2.75, 3.05) is 11.1 Å². The predicted molar refractivity (Wildman–Crippen MR) is 97.6 cm³/mol. The van der Waals surface area contributed by atoms with Gasteiger partial charge in [-0.25, -0.2) is 4.79 Å². The van der Waals surface area contributed by atoms with Gasteiger partial charge in [0.05, 0.1) is 11.1 Å². The van der Waals surface area contributed by atoms with Gasteiger partial charge in [-0.1, -0.05) is 36.4 Å². The fourth-order valence-electron chi connectivity index (χ4n) is 2.49. The number of carboxylic acid groups (broad SMARTS) is 1. The van der Waals surface area contributed by atoms with E-state index in [-0.39, 0.29) is 11.1 Å². The molecule has 0 aliphatic carbocycles. The number of carboxylic acids is 1. The molecular weight excluding hydrogens is 316 g/mol. The number of nitrogens with one attached hydrogen (secondary N) is 1. The summed E-state index contributed by atoms with van der Waals surface area (Å²) in [6.07, 6.45) is 0. The SMILES string of the molecule is Nc1ccc(-c2ccc(NC(=O)c3ccccc3C(=O)O)cc2)cc1. The maximum Gasteiger partial charge on any atom is 0.336 e. The van der Waals surface area contributed by atoms with Gasteiger partial charge in [0.1, 0.15) is 0 Å². The third kappa shape index (κ3) is 3.67. The van der Waals surface area contributed by atoms with Crippen molar-refractivity contribution in [3.8, 4) is 11.1 Å². The van der Waals surface area contributed by atoms with Gasteiger partial charge >= 0.3 is 5.97 Å². The van der Waals surface area contributed by atoms with Gasteiger partial charge in [0.15, 0.2) is 0 Å². The first-order valence-corrected chi connectivity index (χ1v) is 7.64. The third-order valence-corrected chi connectivity index (χ3v) is 3.79. The lowest BCUT2D eigenvalue weighted by molar-refractivity contribution is 0.0692. The Labute approximate surface area is 144 Å². The fraction of sp³-hybridized carbons (Fsp3) is 0. The lowest BCUT2D eigenvalue weighted by atomic mass is 10.0. The molecule has 3 rings (SSSR count). The monoisotopic (exact) mass is 332 g/mol. The van der Waals surface area contributed by atoms with Crippen LogP contribution in [0.3, 0.4) is 0 Å². The summed E-state index contributed by atoms with van der Waals surface area (Å²) >= 11 is 0. The summed E-state index contributed by atoms with van der Waals surface area (Å²) < 4.78 is 0. The Kier molecular flexibility index (Phi) is 4.48. The first kappa shape index (κ1) is 16.3. The van der Waals surface area contributed by atoms with Crippen LogP contribution in [0.5, 0.6) is 0 Å². The van der Waals surface area contributed by atoms with E-state index >= 15 is 0 Å². The topological polar surface area (TPSA) is 92.4 Å². The Morgan fingerprint density at radius 3 is 1.84 bits per heavy atom. The molecule has 0 fully saturated rings. The number of carbonyl (C=O) groups is 2. The van der Waals surface area contributed by atoms with E-state index in [1.165, 1.54) is 12.1 Å². The minimum absolute atomic E-state index is 0.0292. The lowest BCUT2D eigenvalue weighted by Crippen LogP contribution is -2.16. The van der Waals surface area contributed by atoms with Crippen LogP contribution in [0.1, 0.15) is 20.7 Å². The summed E-state index contributed by atoms with van der Waals surface area (Å²) in [6.45, 7) is 0. The van der Waals surface area contributed by atoms with Crippen LogP contribution in [-0.2, 0) is 0 Å². The van der Waals surface area contributed by atoms with Crippen molar-refractivity contribution in [2.45, 2.75) is 0 Å². The fourth-order valence-corrected chi connectivity index (χ4v) is 2.49. The number of aromatic carboxylic acids is 1. The summed E-state index contributed by atoms with van der Waals surface area (Å²) in [7, 11) is 0. The molecule has 3 aromatic carbocycles. The van der Waals surface area contributed by atoms with Crippen molar-refractivity contribution >= 4 is 23.3 Å². The molecule has 0 saturated heterocycles. The Bertz CT molecular complexity index is 916. The smallest absolute Gasteiger partial charge is 0.336 e. The zero-order chi connectivity index (χ0) is 17.8. The molecule has 0 atom stereocenters. The summed E-state index contributed by atoms with van der Waals surface area (Å²) in [5.74, 6) is -1.59. The van der Waals surface area contributed by atoms with E-state index in [2.05, 4.69) is 5.32 Å². The summed E-state index contributed by atoms with van der Waals surface area (Å²) in [4.78, 5) is 23.6. The number of nitrogens with two attached hydrogens (primary N) is 1. The second-order valence-corrected chi connectivity index (χ2v) is 5.50. The van der Waals surface area contributed by atoms with E-state index in [4.69, 9.17) is 5.73 Å². The van der Waals surface area contributed by atoms with Crippen molar-refractivity contribution in [3.05, 3.63) is 83.9 Å². The largest absolute Gasteiger partial charge is 0.478 e. The van der Waals surface area contributed by atoms with Gasteiger partial charge < -0.3 is 16.2 Å². The Balaban J connectivity index is 1.79. The average molecular weight is 332 g/mol. The molecule has 1 amide bonds. The van der Waals surface area contributed by atoms with Crippen LogP contribution >= 0.6 is 0 Å². The molecule has 5 nitrogen and oxygen atoms in total. The van der Waals surface area contributed by atoms with Gasteiger partial charge in [0.2, 0.25) is 0 Å². The summed E-state index contributed by atoms with van der Waals surface area (Å²) in [5, 5.41) is 11.9.